The Morgan fingerprint density at radius 1 is 1.29 bits per heavy atom. The first-order valence-corrected chi connectivity index (χ1v) is 9.59. The molecule has 0 bridgehead atoms. The van der Waals surface area contributed by atoms with Gasteiger partial charge in [-0.15, -0.1) is 16.9 Å². The van der Waals surface area contributed by atoms with Gasteiger partial charge < -0.3 is 25.2 Å². The van der Waals surface area contributed by atoms with E-state index >= 15 is 0 Å². The zero-order valence-corrected chi connectivity index (χ0v) is 14.5. The van der Waals surface area contributed by atoms with Crippen LogP contribution in [0.25, 0.3) is 0 Å². The van der Waals surface area contributed by atoms with Gasteiger partial charge in [0.1, 0.15) is 41.1 Å². The molecule has 24 heavy (non-hydrogen) atoms. The van der Waals surface area contributed by atoms with Crippen LogP contribution in [-0.2, 0) is 10.3 Å². The minimum Gasteiger partial charge on any atom is -0.394 e. The van der Waals surface area contributed by atoms with Crippen molar-refractivity contribution in [2.75, 3.05) is 12.9 Å². The topological polar surface area (TPSA) is 121 Å². The van der Waals surface area contributed by atoms with Crippen LogP contribution >= 0.6 is 11.8 Å². The van der Waals surface area contributed by atoms with Crippen LogP contribution in [0.1, 0.15) is 43.8 Å². The molecule has 2 unspecified atom stereocenters. The summed E-state index contributed by atoms with van der Waals surface area (Å²) in [6.07, 6.45) is 4.70. The number of aliphatic hydroxyl groups is 4. The van der Waals surface area contributed by atoms with Crippen molar-refractivity contribution in [2.24, 2.45) is 0 Å². The van der Waals surface area contributed by atoms with Gasteiger partial charge in [-0.05, 0) is 19.1 Å². The first-order chi connectivity index (χ1) is 11.5. The summed E-state index contributed by atoms with van der Waals surface area (Å²) in [7, 11) is 0. The van der Waals surface area contributed by atoms with Crippen LogP contribution in [0.3, 0.4) is 0 Å². The largest absolute Gasteiger partial charge is 0.394 e. The number of nitrogens with zero attached hydrogens (tertiary/aromatic N) is 3. The Morgan fingerprint density at radius 2 is 2.00 bits per heavy atom. The summed E-state index contributed by atoms with van der Waals surface area (Å²) < 4.78 is 6.90. The van der Waals surface area contributed by atoms with Crippen molar-refractivity contribution >= 4 is 11.8 Å². The Morgan fingerprint density at radius 3 is 2.62 bits per heavy atom. The van der Waals surface area contributed by atoms with Crippen molar-refractivity contribution in [3.63, 3.8) is 0 Å². The fourth-order valence-corrected chi connectivity index (χ4v) is 4.30. The first kappa shape index (κ1) is 18.1. The Kier molecular flexibility index (Phi) is 5.48. The lowest BCUT2D eigenvalue weighted by Gasteiger charge is -2.41. The van der Waals surface area contributed by atoms with Crippen LogP contribution < -0.4 is 0 Å². The lowest BCUT2D eigenvalue weighted by atomic mass is 9.83. The van der Waals surface area contributed by atoms with Gasteiger partial charge in [-0.1, -0.05) is 24.5 Å². The van der Waals surface area contributed by atoms with Crippen LogP contribution in [-0.4, -0.2) is 72.0 Å². The predicted octanol–water partition coefficient (Wildman–Crippen LogP) is -0.227. The fourth-order valence-electron chi connectivity index (χ4n) is 3.60. The van der Waals surface area contributed by atoms with Gasteiger partial charge in [0.15, 0.2) is 0 Å². The quantitative estimate of drug-likeness (QED) is 0.582. The van der Waals surface area contributed by atoms with E-state index in [1.807, 2.05) is 0 Å². The zero-order valence-electron chi connectivity index (χ0n) is 13.7. The number of thioether (sulfide) groups is 1. The van der Waals surface area contributed by atoms with Crippen molar-refractivity contribution in [3.8, 4) is 0 Å². The van der Waals surface area contributed by atoms with Gasteiger partial charge in [-0.3, -0.25) is 0 Å². The second-order valence-electron chi connectivity index (χ2n) is 6.61. The maximum atomic E-state index is 10.8. The average molecular weight is 359 g/mol. The molecular weight excluding hydrogens is 334 g/mol. The smallest absolute Gasteiger partial charge is 0.131 e. The van der Waals surface area contributed by atoms with Gasteiger partial charge >= 0.3 is 0 Å². The molecule has 2 fully saturated rings. The molecule has 1 saturated heterocycles. The highest BCUT2D eigenvalue weighted by molar-refractivity contribution is 7.99. The maximum Gasteiger partial charge on any atom is 0.131 e. The lowest BCUT2D eigenvalue weighted by molar-refractivity contribution is -0.178. The molecule has 0 spiro atoms. The molecule has 4 N–H and O–H groups in total. The molecule has 1 aliphatic carbocycles. The standard InChI is InChI=1S/C15H25N3O5S/c1-24-14-13(21)11(12(20)9(8-19)23-14)18-7-10(16-17-18)15(22)5-3-2-4-6-15/h7,9,11-14,19-22H,2-6,8H2,1H3/t9?,11?,12-,13-,14-/m0/s1. The van der Waals surface area contributed by atoms with E-state index in [2.05, 4.69) is 10.3 Å². The van der Waals surface area contributed by atoms with Crippen LogP contribution in [0.4, 0.5) is 0 Å². The maximum absolute atomic E-state index is 10.8. The SMILES string of the molecule is CS[C@@H]1OC(CO)[C@H](O)C(n2cc(C3(O)CCCCC3)nn2)[C@@H]1O. The summed E-state index contributed by atoms with van der Waals surface area (Å²) in [5.41, 5.74) is -1.11. The van der Waals surface area contributed by atoms with E-state index in [1.54, 1.807) is 12.5 Å². The van der Waals surface area contributed by atoms with Crippen molar-refractivity contribution < 1.29 is 25.2 Å². The zero-order chi connectivity index (χ0) is 17.3. The molecule has 8 nitrogen and oxygen atoms in total. The molecule has 9 heteroatoms. The van der Waals surface area contributed by atoms with Gasteiger partial charge in [0.05, 0.1) is 12.8 Å². The highest BCUT2D eigenvalue weighted by atomic mass is 32.2. The monoisotopic (exact) mass is 359 g/mol. The summed E-state index contributed by atoms with van der Waals surface area (Å²) in [5.74, 6) is 0. The summed E-state index contributed by atoms with van der Waals surface area (Å²) in [5, 5.41) is 49.3. The highest BCUT2D eigenvalue weighted by Gasteiger charge is 2.46. The van der Waals surface area contributed by atoms with E-state index < -0.39 is 35.4 Å². The third-order valence-electron chi connectivity index (χ3n) is 5.05. The van der Waals surface area contributed by atoms with Crippen LogP contribution in [0.5, 0.6) is 0 Å². The van der Waals surface area contributed by atoms with Gasteiger partial charge in [-0.25, -0.2) is 4.68 Å². The van der Waals surface area contributed by atoms with E-state index in [0.717, 1.165) is 19.3 Å². The summed E-state index contributed by atoms with van der Waals surface area (Å²) in [6.45, 7) is -0.354. The minimum absolute atomic E-state index is 0.354. The molecule has 1 saturated carbocycles. The molecule has 1 aromatic heterocycles. The second kappa shape index (κ2) is 7.27. The molecule has 136 valence electrons. The fraction of sp³-hybridized carbons (Fsp3) is 0.867. The number of hydrogen-bond donors (Lipinski definition) is 4. The van der Waals surface area contributed by atoms with Gasteiger partial charge in [0.2, 0.25) is 0 Å². The molecule has 2 heterocycles. The molecule has 0 amide bonds. The van der Waals surface area contributed by atoms with Gasteiger partial charge in [0, 0.05) is 0 Å². The number of aromatic nitrogens is 3. The number of rotatable bonds is 4. The predicted molar refractivity (Wildman–Crippen MR) is 87.3 cm³/mol. The normalized spacial score (nSPS) is 36.6. The summed E-state index contributed by atoms with van der Waals surface area (Å²) >= 11 is 1.30. The third-order valence-corrected chi connectivity index (χ3v) is 5.91. The van der Waals surface area contributed by atoms with Crippen molar-refractivity contribution in [1.29, 1.82) is 0 Å². The summed E-state index contributed by atoms with van der Waals surface area (Å²) in [6, 6.07) is -0.790. The molecule has 5 atom stereocenters. The summed E-state index contributed by atoms with van der Waals surface area (Å²) in [4.78, 5) is 0. The molecule has 2 aliphatic rings. The van der Waals surface area contributed by atoms with E-state index in [-0.39, 0.29) is 6.61 Å². The van der Waals surface area contributed by atoms with Crippen LogP contribution in [0, 0.1) is 0 Å². The highest BCUT2D eigenvalue weighted by Crippen LogP contribution is 2.38. The van der Waals surface area contributed by atoms with E-state index in [4.69, 9.17) is 4.74 Å². The van der Waals surface area contributed by atoms with E-state index in [0.29, 0.717) is 18.5 Å². The van der Waals surface area contributed by atoms with Gasteiger partial charge in [-0.2, -0.15) is 0 Å². The Bertz CT molecular complexity index is 535. The second-order valence-corrected chi connectivity index (χ2v) is 7.55. The van der Waals surface area contributed by atoms with Crippen LogP contribution in [0.15, 0.2) is 6.20 Å². The molecule has 1 aliphatic heterocycles. The molecule has 0 radical (unpaired) electrons. The number of hydrogen-bond acceptors (Lipinski definition) is 8. The molecular formula is C15H25N3O5S. The van der Waals surface area contributed by atoms with Crippen molar-refractivity contribution in [1.82, 2.24) is 15.0 Å². The number of ether oxygens (including phenoxy) is 1. The van der Waals surface area contributed by atoms with E-state index in [9.17, 15) is 20.4 Å². The van der Waals surface area contributed by atoms with Crippen molar-refractivity contribution in [2.45, 2.75) is 67.5 Å². The van der Waals surface area contributed by atoms with Crippen LogP contribution in [0.2, 0.25) is 0 Å². The molecule has 0 aromatic carbocycles. The Hall–Kier alpha value is -0.710. The first-order valence-electron chi connectivity index (χ1n) is 8.30. The van der Waals surface area contributed by atoms with Gasteiger partial charge in [0.25, 0.3) is 0 Å². The number of aliphatic hydroxyl groups excluding tert-OH is 3. The lowest BCUT2D eigenvalue weighted by Crippen LogP contribution is -2.54. The Balaban J connectivity index is 1.86. The molecule has 3 rings (SSSR count). The minimum atomic E-state index is -1.12. The third kappa shape index (κ3) is 3.21. The Labute approximate surface area is 144 Å². The average Bonchev–Trinajstić information content (AvgIpc) is 3.06. The van der Waals surface area contributed by atoms with Crippen molar-refractivity contribution in [3.05, 3.63) is 11.9 Å². The van der Waals surface area contributed by atoms with E-state index in [1.165, 1.54) is 16.4 Å². The molecule has 1 aromatic rings.